The van der Waals surface area contributed by atoms with Gasteiger partial charge in [0, 0.05) is 25.3 Å². The summed E-state index contributed by atoms with van der Waals surface area (Å²) in [7, 11) is 0. The first-order valence-corrected chi connectivity index (χ1v) is 7.26. The second-order valence-corrected chi connectivity index (χ2v) is 5.95. The van der Waals surface area contributed by atoms with Crippen molar-refractivity contribution in [1.29, 1.82) is 0 Å². The van der Waals surface area contributed by atoms with Crippen molar-refractivity contribution in [2.24, 2.45) is 0 Å². The molecule has 3 nitrogen and oxygen atoms in total. The Morgan fingerprint density at radius 1 is 1.15 bits per heavy atom. The lowest BCUT2D eigenvalue weighted by molar-refractivity contribution is 0.582. The van der Waals surface area contributed by atoms with Crippen molar-refractivity contribution < 1.29 is 0 Å². The summed E-state index contributed by atoms with van der Waals surface area (Å²) in [6, 6.07) is 4.99. The van der Waals surface area contributed by atoms with E-state index in [2.05, 4.69) is 67.8 Å². The van der Waals surface area contributed by atoms with Crippen molar-refractivity contribution in [2.75, 3.05) is 0 Å². The normalized spacial score (nSPS) is 11.3. The molecule has 0 radical (unpaired) electrons. The fourth-order valence-electron chi connectivity index (χ4n) is 2.53. The molecule has 0 unspecified atom stereocenters. The zero-order chi connectivity index (χ0) is 14.7. The van der Waals surface area contributed by atoms with Gasteiger partial charge in [-0.3, -0.25) is 0 Å². The van der Waals surface area contributed by atoms with Crippen LogP contribution in [0.15, 0.2) is 24.7 Å². The third-order valence-electron chi connectivity index (χ3n) is 3.56. The van der Waals surface area contributed by atoms with Crippen molar-refractivity contribution in [3.05, 3.63) is 52.6 Å². The number of aromatic nitrogens is 2. The van der Waals surface area contributed by atoms with Crippen LogP contribution < -0.4 is 5.32 Å². The SMILES string of the molecule is Cc1cc(C)c(Cn2cnc(CNC(C)C)c2)c(C)c1. The molecule has 2 rings (SSSR count). The topological polar surface area (TPSA) is 29.9 Å². The predicted molar refractivity (Wildman–Crippen MR) is 84.0 cm³/mol. The number of nitrogens with zero attached hydrogens (tertiary/aromatic N) is 2. The number of aryl methyl sites for hydroxylation is 3. The smallest absolute Gasteiger partial charge is 0.0953 e. The van der Waals surface area contributed by atoms with Crippen molar-refractivity contribution in [2.45, 2.75) is 53.8 Å². The number of rotatable bonds is 5. The van der Waals surface area contributed by atoms with Gasteiger partial charge >= 0.3 is 0 Å². The standard InChI is InChI=1S/C17H25N3/c1-12(2)18-8-16-9-20(11-19-16)10-17-14(4)6-13(3)7-15(17)5/h6-7,9,11-12,18H,8,10H2,1-5H3. The van der Waals surface area contributed by atoms with Gasteiger partial charge in [-0.15, -0.1) is 0 Å². The van der Waals surface area contributed by atoms with Gasteiger partial charge in [0.2, 0.25) is 0 Å². The van der Waals surface area contributed by atoms with E-state index in [0.717, 1.165) is 18.8 Å². The van der Waals surface area contributed by atoms with Crippen LogP contribution in [0.4, 0.5) is 0 Å². The number of nitrogens with one attached hydrogen (secondary N) is 1. The minimum atomic E-state index is 0.488. The van der Waals surface area contributed by atoms with Gasteiger partial charge in [0.05, 0.1) is 12.0 Å². The van der Waals surface area contributed by atoms with E-state index in [1.54, 1.807) is 0 Å². The van der Waals surface area contributed by atoms with Crippen molar-refractivity contribution in [3.63, 3.8) is 0 Å². The highest BCUT2D eigenvalue weighted by Crippen LogP contribution is 2.17. The highest BCUT2D eigenvalue weighted by molar-refractivity contribution is 5.37. The Morgan fingerprint density at radius 2 is 1.80 bits per heavy atom. The molecule has 0 spiro atoms. The summed E-state index contributed by atoms with van der Waals surface area (Å²) < 4.78 is 2.17. The molecule has 2 aromatic rings. The second-order valence-electron chi connectivity index (χ2n) is 5.95. The third kappa shape index (κ3) is 3.70. The first-order valence-electron chi connectivity index (χ1n) is 7.26. The largest absolute Gasteiger partial charge is 0.333 e. The van der Waals surface area contributed by atoms with Gasteiger partial charge in [-0.2, -0.15) is 0 Å². The molecule has 20 heavy (non-hydrogen) atoms. The van der Waals surface area contributed by atoms with Crippen LogP contribution in [0.2, 0.25) is 0 Å². The molecule has 0 bridgehead atoms. The van der Waals surface area contributed by atoms with Gasteiger partial charge in [0.1, 0.15) is 0 Å². The molecule has 1 aromatic carbocycles. The molecule has 0 fully saturated rings. The van der Waals surface area contributed by atoms with Crippen LogP contribution in [0.3, 0.4) is 0 Å². The molecular weight excluding hydrogens is 246 g/mol. The molecule has 0 atom stereocenters. The maximum atomic E-state index is 4.46. The Kier molecular flexibility index (Phi) is 4.61. The van der Waals surface area contributed by atoms with Crippen molar-refractivity contribution in [3.8, 4) is 0 Å². The van der Waals surface area contributed by atoms with Crippen LogP contribution in [0, 0.1) is 20.8 Å². The summed E-state index contributed by atoms with van der Waals surface area (Å²) in [4.78, 5) is 4.46. The molecule has 1 N–H and O–H groups in total. The summed E-state index contributed by atoms with van der Waals surface area (Å²) in [5.41, 5.74) is 6.55. The highest BCUT2D eigenvalue weighted by Gasteiger charge is 2.06. The first-order chi connectivity index (χ1) is 9.45. The van der Waals surface area contributed by atoms with E-state index in [1.165, 1.54) is 22.3 Å². The van der Waals surface area contributed by atoms with Crippen LogP contribution in [-0.4, -0.2) is 15.6 Å². The van der Waals surface area contributed by atoms with E-state index >= 15 is 0 Å². The van der Waals surface area contributed by atoms with E-state index in [0.29, 0.717) is 6.04 Å². The maximum Gasteiger partial charge on any atom is 0.0953 e. The molecule has 0 saturated heterocycles. The van der Waals surface area contributed by atoms with Crippen molar-refractivity contribution in [1.82, 2.24) is 14.9 Å². The summed E-state index contributed by atoms with van der Waals surface area (Å²) in [6.07, 6.45) is 4.06. The first kappa shape index (κ1) is 14.8. The van der Waals surface area contributed by atoms with Gasteiger partial charge < -0.3 is 9.88 Å². The Bertz CT molecular complexity index is 559. The molecule has 0 amide bonds. The summed E-state index contributed by atoms with van der Waals surface area (Å²) in [5.74, 6) is 0. The quantitative estimate of drug-likeness (QED) is 0.903. The fourth-order valence-corrected chi connectivity index (χ4v) is 2.53. The van der Waals surface area contributed by atoms with Crippen LogP contribution >= 0.6 is 0 Å². The zero-order valence-corrected chi connectivity index (χ0v) is 13.2. The van der Waals surface area contributed by atoms with Gasteiger partial charge in [-0.05, 0) is 37.5 Å². The average Bonchev–Trinajstić information content (AvgIpc) is 2.79. The molecule has 0 aliphatic rings. The second kappa shape index (κ2) is 6.23. The fraction of sp³-hybridized carbons (Fsp3) is 0.471. The lowest BCUT2D eigenvalue weighted by Gasteiger charge is -2.11. The van der Waals surface area contributed by atoms with E-state index < -0.39 is 0 Å². The minimum Gasteiger partial charge on any atom is -0.333 e. The maximum absolute atomic E-state index is 4.46. The molecule has 108 valence electrons. The number of imidazole rings is 1. The molecular formula is C17H25N3. The van der Waals surface area contributed by atoms with Gasteiger partial charge in [-0.1, -0.05) is 31.5 Å². The van der Waals surface area contributed by atoms with Gasteiger partial charge in [0.25, 0.3) is 0 Å². The van der Waals surface area contributed by atoms with Gasteiger partial charge in [0.15, 0.2) is 0 Å². The average molecular weight is 271 g/mol. The monoisotopic (exact) mass is 271 g/mol. The summed E-state index contributed by atoms with van der Waals surface area (Å²) in [5, 5.41) is 3.39. The lowest BCUT2D eigenvalue weighted by atomic mass is 10.00. The molecule has 1 heterocycles. The summed E-state index contributed by atoms with van der Waals surface area (Å²) in [6.45, 7) is 12.5. The van der Waals surface area contributed by atoms with Crippen LogP contribution in [0.25, 0.3) is 0 Å². The Hall–Kier alpha value is -1.61. The minimum absolute atomic E-state index is 0.488. The molecule has 3 heteroatoms. The summed E-state index contributed by atoms with van der Waals surface area (Å²) >= 11 is 0. The molecule has 0 aliphatic heterocycles. The van der Waals surface area contributed by atoms with Crippen molar-refractivity contribution >= 4 is 0 Å². The molecule has 1 aromatic heterocycles. The van der Waals surface area contributed by atoms with E-state index in [-0.39, 0.29) is 0 Å². The number of hydrogen-bond acceptors (Lipinski definition) is 2. The Labute approximate surface area is 122 Å². The highest BCUT2D eigenvalue weighted by atomic mass is 15.0. The van der Waals surface area contributed by atoms with Crippen LogP contribution in [-0.2, 0) is 13.1 Å². The molecule has 0 saturated carbocycles. The Balaban J connectivity index is 2.11. The van der Waals surface area contributed by atoms with Crippen LogP contribution in [0.1, 0.15) is 41.8 Å². The van der Waals surface area contributed by atoms with E-state index in [1.807, 2.05) is 6.33 Å². The number of hydrogen-bond donors (Lipinski definition) is 1. The van der Waals surface area contributed by atoms with E-state index in [4.69, 9.17) is 0 Å². The third-order valence-corrected chi connectivity index (χ3v) is 3.56. The predicted octanol–water partition coefficient (Wildman–Crippen LogP) is 3.35. The van der Waals surface area contributed by atoms with Gasteiger partial charge in [-0.25, -0.2) is 4.98 Å². The lowest BCUT2D eigenvalue weighted by Crippen LogP contribution is -2.21. The number of benzene rings is 1. The van der Waals surface area contributed by atoms with Crippen LogP contribution in [0.5, 0.6) is 0 Å². The molecule has 0 aliphatic carbocycles. The van der Waals surface area contributed by atoms with E-state index in [9.17, 15) is 0 Å². The Morgan fingerprint density at radius 3 is 2.40 bits per heavy atom. The zero-order valence-electron chi connectivity index (χ0n) is 13.2.